The van der Waals surface area contributed by atoms with Crippen molar-refractivity contribution in [2.45, 2.75) is 12.8 Å². The number of morpholine rings is 1. The van der Waals surface area contributed by atoms with Gasteiger partial charge in [0, 0.05) is 32.2 Å². The van der Waals surface area contributed by atoms with Crippen LogP contribution in [0.1, 0.15) is 12.0 Å². The molecule has 0 bridgehead atoms. The number of aromatic nitrogens is 1. The maximum Gasteiger partial charge on any atom is 0.233 e. The van der Waals surface area contributed by atoms with E-state index in [-0.39, 0.29) is 5.91 Å². The average Bonchev–Trinajstić information content (AvgIpc) is 3.35. The SMILES string of the molecule is COc1ccc2sc(N(CCCN3CCOCC3)C(=O)Cc3ccc(-c4ccccc4)cc3)nc2c1. The third-order valence-corrected chi connectivity index (χ3v) is 7.55. The smallest absolute Gasteiger partial charge is 0.233 e. The van der Waals surface area contributed by atoms with Gasteiger partial charge in [-0.15, -0.1) is 0 Å². The van der Waals surface area contributed by atoms with E-state index in [0.29, 0.717) is 13.0 Å². The number of benzene rings is 3. The molecule has 0 saturated carbocycles. The molecule has 1 aliphatic rings. The third-order valence-electron chi connectivity index (χ3n) is 6.49. The number of carbonyl (C=O) groups excluding carboxylic acids is 1. The van der Waals surface area contributed by atoms with Gasteiger partial charge in [0.05, 0.1) is 37.0 Å². The molecule has 2 heterocycles. The molecule has 1 aromatic heterocycles. The second-order valence-corrected chi connectivity index (χ2v) is 9.93. The Morgan fingerprint density at radius 1 is 1.03 bits per heavy atom. The lowest BCUT2D eigenvalue weighted by molar-refractivity contribution is -0.118. The largest absolute Gasteiger partial charge is 0.497 e. The fraction of sp³-hybridized carbons (Fsp3) is 0.310. The minimum atomic E-state index is 0.0652. The summed E-state index contributed by atoms with van der Waals surface area (Å²) in [4.78, 5) is 22.7. The topological polar surface area (TPSA) is 54.9 Å². The number of hydrogen-bond donors (Lipinski definition) is 0. The van der Waals surface area contributed by atoms with Crippen LogP contribution in [0.15, 0.2) is 72.8 Å². The molecule has 36 heavy (non-hydrogen) atoms. The van der Waals surface area contributed by atoms with Crippen molar-refractivity contribution in [3.05, 3.63) is 78.4 Å². The van der Waals surface area contributed by atoms with Gasteiger partial charge in [-0.1, -0.05) is 65.9 Å². The van der Waals surface area contributed by atoms with E-state index in [1.54, 1.807) is 18.4 Å². The highest BCUT2D eigenvalue weighted by Crippen LogP contribution is 2.32. The monoisotopic (exact) mass is 501 g/mol. The van der Waals surface area contributed by atoms with Crippen molar-refractivity contribution in [2.24, 2.45) is 0 Å². The van der Waals surface area contributed by atoms with Crippen LogP contribution in [0.2, 0.25) is 0 Å². The number of nitrogens with zero attached hydrogens (tertiary/aromatic N) is 3. The van der Waals surface area contributed by atoms with Crippen molar-refractivity contribution in [3.63, 3.8) is 0 Å². The zero-order valence-electron chi connectivity index (χ0n) is 20.6. The molecule has 1 amide bonds. The molecule has 186 valence electrons. The zero-order valence-corrected chi connectivity index (χ0v) is 21.4. The number of methoxy groups -OCH3 is 1. The van der Waals surface area contributed by atoms with Crippen molar-refractivity contribution in [1.29, 1.82) is 0 Å². The maximum atomic E-state index is 13.6. The van der Waals surface area contributed by atoms with Crippen LogP contribution in [-0.2, 0) is 16.0 Å². The minimum absolute atomic E-state index is 0.0652. The molecule has 7 heteroatoms. The van der Waals surface area contributed by atoms with Gasteiger partial charge in [-0.3, -0.25) is 14.6 Å². The summed E-state index contributed by atoms with van der Waals surface area (Å²) in [6.45, 7) is 5.03. The van der Waals surface area contributed by atoms with Crippen molar-refractivity contribution >= 4 is 32.6 Å². The van der Waals surface area contributed by atoms with Crippen LogP contribution in [-0.4, -0.2) is 62.3 Å². The summed E-state index contributed by atoms with van der Waals surface area (Å²) >= 11 is 1.55. The van der Waals surface area contributed by atoms with E-state index in [2.05, 4.69) is 41.3 Å². The Labute approximate surface area is 216 Å². The fourth-order valence-electron chi connectivity index (χ4n) is 4.46. The molecule has 3 aromatic carbocycles. The third kappa shape index (κ3) is 5.93. The second kappa shape index (κ2) is 11.6. The van der Waals surface area contributed by atoms with E-state index >= 15 is 0 Å². The molecular weight excluding hydrogens is 470 g/mol. The van der Waals surface area contributed by atoms with Crippen LogP contribution in [0.4, 0.5) is 5.13 Å². The summed E-state index contributed by atoms with van der Waals surface area (Å²) in [6, 6.07) is 24.4. The van der Waals surface area contributed by atoms with Crippen LogP contribution in [0.5, 0.6) is 5.75 Å². The van der Waals surface area contributed by atoms with Gasteiger partial charge in [-0.2, -0.15) is 0 Å². The van der Waals surface area contributed by atoms with E-state index in [1.165, 1.54) is 5.56 Å². The van der Waals surface area contributed by atoms with E-state index in [4.69, 9.17) is 14.5 Å². The summed E-state index contributed by atoms with van der Waals surface area (Å²) in [5, 5.41) is 0.742. The number of hydrogen-bond acceptors (Lipinski definition) is 6. The number of anilines is 1. The Morgan fingerprint density at radius 3 is 2.53 bits per heavy atom. The van der Waals surface area contributed by atoms with Crippen molar-refractivity contribution in [3.8, 4) is 16.9 Å². The first kappa shape index (κ1) is 24.4. The number of thiazole rings is 1. The Morgan fingerprint density at radius 2 is 1.78 bits per heavy atom. The summed E-state index contributed by atoms with van der Waals surface area (Å²) in [7, 11) is 1.65. The molecule has 5 rings (SSSR count). The first-order valence-electron chi connectivity index (χ1n) is 12.4. The van der Waals surface area contributed by atoms with Gasteiger partial charge >= 0.3 is 0 Å². The molecule has 0 radical (unpaired) electrons. The van der Waals surface area contributed by atoms with Gasteiger partial charge < -0.3 is 9.47 Å². The zero-order chi connectivity index (χ0) is 24.7. The average molecular weight is 502 g/mol. The van der Waals surface area contributed by atoms with Crippen LogP contribution >= 0.6 is 11.3 Å². The van der Waals surface area contributed by atoms with Gasteiger partial charge in [0.1, 0.15) is 5.75 Å². The molecule has 0 N–H and O–H groups in total. The Bertz CT molecular complexity index is 1280. The quantitative estimate of drug-likeness (QED) is 0.313. The van der Waals surface area contributed by atoms with E-state index in [1.807, 2.05) is 41.3 Å². The molecular formula is C29H31N3O3S. The Hall–Kier alpha value is -3.26. The molecule has 0 unspecified atom stereocenters. The predicted octanol–water partition coefficient (Wildman–Crippen LogP) is 5.27. The lowest BCUT2D eigenvalue weighted by Gasteiger charge is -2.27. The second-order valence-electron chi connectivity index (χ2n) is 8.92. The van der Waals surface area contributed by atoms with E-state index in [9.17, 15) is 4.79 Å². The molecule has 0 atom stereocenters. The van der Waals surface area contributed by atoms with Gasteiger partial charge in [0.15, 0.2) is 5.13 Å². The van der Waals surface area contributed by atoms with Gasteiger partial charge in [-0.25, -0.2) is 4.98 Å². The van der Waals surface area contributed by atoms with Crippen molar-refractivity contribution in [1.82, 2.24) is 9.88 Å². The molecule has 1 saturated heterocycles. The number of ether oxygens (including phenoxy) is 2. The number of rotatable bonds is 9. The summed E-state index contributed by atoms with van der Waals surface area (Å²) in [5.74, 6) is 0.832. The lowest BCUT2D eigenvalue weighted by Crippen LogP contribution is -2.39. The van der Waals surface area contributed by atoms with Crippen molar-refractivity contribution < 1.29 is 14.3 Å². The molecule has 1 fully saturated rings. The summed E-state index contributed by atoms with van der Waals surface area (Å²) in [5.41, 5.74) is 4.17. The number of carbonyl (C=O) groups is 1. The standard InChI is InChI=1S/C29H31N3O3S/c1-34-25-12-13-27-26(21-25)30-29(36-27)32(15-5-14-31-16-18-35-19-17-31)28(33)20-22-8-10-24(11-9-22)23-6-3-2-4-7-23/h2-4,6-13,21H,5,14-20H2,1H3. The van der Waals surface area contributed by atoms with Gasteiger partial charge in [0.2, 0.25) is 5.91 Å². The molecule has 4 aromatic rings. The number of fused-ring (bicyclic) bond motifs is 1. The fourth-order valence-corrected chi connectivity index (χ4v) is 5.45. The first-order valence-corrected chi connectivity index (χ1v) is 13.2. The molecule has 1 aliphatic heterocycles. The lowest BCUT2D eigenvalue weighted by atomic mass is 10.0. The highest BCUT2D eigenvalue weighted by Gasteiger charge is 2.21. The summed E-state index contributed by atoms with van der Waals surface area (Å²) in [6.07, 6.45) is 1.23. The van der Waals surface area contributed by atoms with Gasteiger partial charge in [0.25, 0.3) is 0 Å². The highest BCUT2D eigenvalue weighted by molar-refractivity contribution is 7.22. The van der Waals surface area contributed by atoms with Crippen LogP contribution in [0, 0.1) is 0 Å². The summed E-state index contributed by atoms with van der Waals surface area (Å²) < 4.78 is 11.9. The van der Waals surface area contributed by atoms with Gasteiger partial charge in [-0.05, 0) is 35.2 Å². The predicted molar refractivity (Wildman–Crippen MR) is 146 cm³/mol. The highest BCUT2D eigenvalue weighted by atomic mass is 32.1. The maximum absolute atomic E-state index is 13.6. The van der Waals surface area contributed by atoms with E-state index < -0.39 is 0 Å². The Balaban J connectivity index is 1.32. The number of amides is 1. The van der Waals surface area contributed by atoms with E-state index in [0.717, 1.165) is 71.5 Å². The normalized spacial score (nSPS) is 14.1. The van der Waals surface area contributed by atoms with Crippen LogP contribution in [0.3, 0.4) is 0 Å². The first-order chi connectivity index (χ1) is 17.7. The molecule has 0 aliphatic carbocycles. The molecule has 6 nitrogen and oxygen atoms in total. The van der Waals surface area contributed by atoms with Crippen LogP contribution < -0.4 is 9.64 Å². The Kier molecular flexibility index (Phi) is 7.91. The minimum Gasteiger partial charge on any atom is -0.497 e. The molecule has 0 spiro atoms. The van der Waals surface area contributed by atoms with Crippen LogP contribution in [0.25, 0.3) is 21.3 Å². The van der Waals surface area contributed by atoms with Crippen molar-refractivity contribution in [2.75, 3.05) is 51.4 Å².